The minimum Gasteiger partial charge on any atom is -0.484 e. The summed E-state index contributed by atoms with van der Waals surface area (Å²) in [5.41, 5.74) is 1.17. The number of nitrogens with one attached hydrogen (secondary N) is 1. The van der Waals surface area contributed by atoms with Gasteiger partial charge in [0, 0.05) is 37.1 Å². The van der Waals surface area contributed by atoms with Crippen LogP contribution in [0, 0.1) is 0 Å². The molecule has 1 spiro atoms. The zero-order valence-electron chi connectivity index (χ0n) is 9.62. The SMILES string of the molecule is COc1cc2c(cn1)OC1(CNC(C)C1)C2. The normalized spacial score (nSPS) is 31.5. The highest BCUT2D eigenvalue weighted by atomic mass is 16.5. The van der Waals surface area contributed by atoms with E-state index in [0.29, 0.717) is 11.9 Å². The topological polar surface area (TPSA) is 43.4 Å². The molecular weight excluding hydrogens is 204 g/mol. The molecule has 1 aromatic rings. The van der Waals surface area contributed by atoms with Crippen LogP contribution in [0.3, 0.4) is 0 Å². The van der Waals surface area contributed by atoms with Crippen molar-refractivity contribution in [1.82, 2.24) is 10.3 Å². The molecule has 16 heavy (non-hydrogen) atoms. The third-order valence-electron chi connectivity index (χ3n) is 3.42. The Bertz CT molecular complexity index is 421. The van der Waals surface area contributed by atoms with Crippen LogP contribution in [0.15, 0.2) is 12.3 Å². The van der Waals surface area contributed by atoms with E-state index in [9.17, 15) is 0 Å². The predicted octanol–water partition coefficient (Wildman–Crippen LogP) is 1.15. The van der Waals surface area contributed by atoms with Crippen LogP contribution in [0.4, 0.5) is 0 Å². The van der Waals surface area contributed by atoms with E-state index in [1.165, 1.54) is 5.56 Å². The molecule has 0 radical (unpaired) electrons. The number of aromatic nitrogens is 1. The lowest BCUT2D eigenvalue weighted by Gasteiger charge is -2.21. The van der Waals surface area contributed by atoms with Gasteiger partial charge in [-0.2, -0.15) is 0 Å². The van der Waals surface area contributed by atoms with Gasteiger partial charge in [-0.1, -0.05) is 0 Å². The van der Waals surface area contributed by atoms with Gasteiger partial charge in [0.2, 0.25) is 5.88 Å². The number of nitrogens with zero attached hydrogens (tertiary/aromatic N) is 1. The van der Waals surface area contributed by atoms with E-state index in [-0.39, 0.29) is 5.60 Å². The van der Waals surface area contributed by atoms with Crippen LogP contribution in [0.25, 0.3) is 0 Å². The average Bonchev–Trinajstić information content (AvgIpc) is 2.80. The summed E-state index contributed by atoms with van der Waals surface area (Å²) in [5.74, 6) is 1.58. The number of pyridine rings is 1. The predicted molar refractivity (Wildman–Crippen MR) is 59.9 cm³/mol. The molecule has 86 valence electrons. The molecule has 0 aliphatic carbocycles. The lowest BCUT2D eigenvalue weighted by Crippen LogP contribution is -2.36. The van der Waals surface area contributed by atoms with E-state index in [0.717, 1.165) is 25.1 Å². The number of fused-ring (bicyclic) bond motifs is 1. The summed E-state index contributed by atoms with van der Waals surface area (Å²) in [6, 6.07) is 2.51. The average molecular weight is 220 g/mol. The van der Waals surface area contributed by atoms with Crippen LogP contribution in [0.2, 0.25) is 0 Å². The molecule has 1 aromatic heterocycles. The summed E-state index contributed by atoms with van der Waals surface area (Å²) >= 11 is 0. The van der Waals surface area contributed by atoms with Crippen LogP contribution in [0.5, 0.6) is 11.6 Å². The second-order valence-corrected chi connectivity index (χ2v) is 4.78. The van der Waals surface area contributed by atoms with Gasteiger partial charge in [0.15, 0.2) is 0 Å². The Kier molecular flexibility index (Phi) is 2.07. The number of hydrogen-bond donors (Lipinski definition) is 1. The summed E-state index contributed by atoms with van der Waals surface area (Å²) in [4.78, 5) is 4.17. The first-order valence-electron chi connectivity index (χ1n) is 5.66. The molecule has 0 bridgehead atoms. The fraction of sp³-hybridized carbons (Fsp3) is 0.583. The van der Waals surface area contributed by atoms with Crippen molar-refractivity contribution in [3.05, 3.63) is 17.8 Å². The zero-order chi connectivity index (χ0) is 11.2. The summed E-state index contributed by atoms with van der Waals surface area (Å²) in [6.45, 7) is 3.12. The first-order valence-corrected chi connectivity index (χ1v) is 5.66. The van der Waals surface area contributed by atoms with Gasteiger partial charge < -0.3 is 14.8 Å². The molecule has 4 heteroatoms. The van der Waals surface area contributed by atoms with E-state index < -0.39 is 0 Å². The second-order valence-electron chi connectivity index (χ2n) is 4.78. The highest BCUT2D eigenvalue weighted by Crippen LogP contribution is 2.40. The Hall–Kier alpha value is -1.29. The van der Waals surface area contributed by atoms with Crippen LogP contribution in [-0.4, -0.2) is 30.3 Å². The van der Waals surface area contributed by atoms with Crippen LogP contribution < -0.4 is 14.8 Å². The van der Waals surface area contributed by atoms with E-state index in [1.54, 1.807) is 13.3 Å². The Labute approximate surface area is 95.0 Å². The quantitative estimate of drug-likeness (QED) is 0.771. The fourth-order valence-electron chi connectivity index (χ4n) is 2.70. The highest BCUT2D eigenvalue weighted by molar-refractivity contribution is 5.40. The van der Waals surface area contributed by atoms with Gasteiger partial charge >= 0.3 is 0 Å². The van der Waals surface area contributed by atoms with Crippen molar-refractivity contribution in [3.63, 3.8) is 0 Å². The van der Waals surface area contributed by atoms with Crippen molar-refractivity contribution < 1.29 is 9.47 Å². The molecule has 3 rings (SSSR count). The molecule has 2 atom stereocenters. The van der Waals surface area contributed by atoms with Gasteiger partial charge in [0.25, 0.3) is 0 Å². The molecule has 4 nitrogen and oxygen atoms in total. The third-order valence-corrected chi connectivity index (χ3v) is 3.42. The monoisotopic (exact) mass is 220 g/mol. The van der Waals surface area contributed by atoms with Crippen LogP contribution in [0.1, 0.15) is 18.9 Å². The van der Waals surface area contributed by atoms with Gasteiger partial charge in [0.05, 0.1) is 13.3 Å². The Morgan fingerprint density at radius 3 is 3.19 bits per heavy atom. The highest BCUT2D eigenvalue weighted by Gasteiger charge is 2.44. The van der Waals surface area contributed by atoms with Crippen molar-refractivity contribution >= 4 is 0 Å². The van der Waals surface area contributed by atoms with Crippen molar-refractivity contribution in [2.45, 2.75) is 31.4 Å². The van der Waals surface area contributed by atoms with E-state index in [4.69, 9.17) is 9.47 Å². The Morgan fingerprint density at radius 1 is 1.62 bits per heavy atom. The maximum atomic E-state index is 6.04. The summed E-state index contributed by atoms with van der Waals surface area (Å²) in [5, 5.41) is 3.44. The van der Waals surface area contributed by atoms with Crippen molar-refractivity contribution in [3.8, 4) is 11.6 Å². The smallest absolute Gasteiger partial charge is 0.213 e. The molecule has 1 fully saturated rings. The maximum absolute atomic E-state index is 6.04. The molecule has 2 aliphatic heterocycles. The first-order chi connectivity index (χ1) is 7.71. The lowest BCUT2D eigenvalue weighted by molar-refractivity contribution is 0.115. The van der Waals surface area contributed by atoms with Gasteiger partial charge in [-0.05, 0) is 6.92 Å². The molecule has 1 saturated heterocycles. The number of rotatable bonds is 1. The van der Waals surface area contributed by atoms with Gasteiger partial charge in [-0.3, -0.25) is 0 Å². The number of methoxy groups -OCH3 is 1. The minimum absolute atomic E-state index is 0.0458. The molecular formula is C12H16N2O2. The van der Waals surface area contributed by atoms with E-state index >= 15 is 0 Å². The molecule has 0 aromatic carbocycles. The number of hydrogen-bond acceptors (Lipinski definition) is 4. The van der Waals surface area contributed by atoms with Crippen LogP contribution in [-0.2, 0) is 6.42 Å². The van der Waals surface area contributed by atoms with Gasteiger partial charge in [-0.25, -0.2) is 4.98 Å². The van der Waals surface area contributed by atoms with Crippen molar-refractivity contribution in [2.75, 3.05) is 13.7 Å². The first kappa shape index (κ1) is 9.90. The van der Waals surface area contributed by atoms with Crippen molar-refractivity contribution in [2.24, 2.45) is 0 Å². The standard InChI is InChI=1S/C12H16N2O2/c1-8-4-12(7-14-8)5-9-3-11(15-2)13-6-10(9)16-12/h3,6,8,14H,4-5,7H2,1-2H3. The third kappa shape index (κ3) is 1.45. The van der Waals surface area contributed by atoms with Gasteiger partial charge in [0.1, 0.15) is 11.4 Å². The van der Waals surface area contributed by atoms with Crippen molar-refractivity contribution in [1.29, 1.82) is 0 Å². The molecule has 2 unspecified atom stereocenters. The summed E-state index contributed by atoms with van der Waals surface area (Å²) in [7, 11) is 1.64. The zero-order valence-corrected chi connectivity index (χ0v) is 9.62. The van der Waals surface area contributed by atoms with Gasteiger partial charge in [-0.15, -0.1) is 0 Å². The molecule has 2 aliphatic rings. The molecule has 1 N–H and O–H groups in total. The fourth-order valence-corrected chi connectivity index (χ4v) is 2.70. The molecule has 0 amide bonds. The molecule has 0 saturated carbocycles. The Morgan fingerprint density at radius 2 is 2.50 bits per heavy atom. The van der Waals surface area contributed by atoms with E-state index in [1.807, 2.05) is 6.07 Å². The van der Waals surface area contributed by atoms with Crippen LogP contribution >= 0.6 is 0 Å². The summed E-state index contributed by atoms with van der Waals surface area (Å²) < 4.78 is 11.2. The maximum Gasteiger partial charge on any atom is 0.213 e. The largest absolute Gasteiger partial charge is 0.484 e. The molecule has 3 heterocycles. The Balaban J connectivity index is 1.88. The lowest BCUT2D eigenvalue weighted by atomic mass is 9.95. The van der Waals surface area contributed by atoms with E-state index in [2.05, 4.69) is 17.2 Å². The minimum atomic E-state index is -0.0458. The summed E-state index contributed by atoms with van der Waals surface area (Å²) in [6.07, 6.45) is 3.79. The number of ether oxygens (including phenoxy) is 2. The second kappa shape index (κ2) is 3.35.